The van der Waals surface area contributed by atoms with Crippen LogP contribution in [0.25, 0.3) is 10.8 Å². The standard InChI is InChI=1S/C16H17F3O2/c1-15(2,3)21-11-8-10-6-4-5-7-12(10)13(9-11)14(20)16(17,18)19/h4-9,14,20H,1-3H3. The minimum atomic E-state index is -4.72. The molecule has 2 rings (SSSR count). The molecule has 0 fully saturated rings. The first kappa shape index (κ1) is 15.6. The van der Waals surface area contributed by atoms with Gasteiger partial charge in [0.05, 0.1) is 0 Å². The van der Waals surface area contributed by atoms with E-state index in [9.17, 15) is 18.3 Å². The number of benzene rings is 2. The first-order chi connectivity index (χ1) is 9.58. The van der Waals surface area contributed by atoms with Gasteiger partial charge in [0.25, 0.3) is 0 Å². The molecule has 0 aliphatic rings. The molecule has 1 atom stereocenters. The lowest BCUT2D eigenvalue weighted by atomic mass is 9.99. The maximum absolute atomic E-state index is 12.8. The zero-order valence-electron chi connectivity index (χ0n) is 12.0. The van der Waals surface area contributed by atoms with Crippen LogP contribution >= 0.6 is 0 Å². The van der Waals surface area contributed by atoms with Crippen LogP contribution in [-0.4, -0.2) is 16.9 Å². The molecule has 0 heterocycles. The molecule has 0 aromatic heterocycles. The van der Waals surface area contributed by atoms with Crippen molar-refractivity contribution in [2.24, 2.45) is 0 Å². The molecule has 2 nitrogen and oxygen atoms in total. The van der Waals surface area contributed by atoms with Crippen LogP contribution < -0.4 is 4.74 Å². The summed E-state index contributed by atoms with van der Waals surface area (Å²) in [4.78, 5) is 0. The summed E-state index contributed by atoms with van der Waals surface area (Å²) in [6.45, 7) is 5.42. The first-order valence-corrected chi connectivity index (χ1v) is 6.54. The molecule has 0 aliphatic heterocycles. The van der Waals surface area contributed by atoms with E-state index in [-0.39, 0.29) is 5.56 Å². The lowest BCUT2D eigenvalue weighted by Gasteiger charge is -2.23. The fourth-order valence-corrected chi connectivity index (χ4v) is 2.13. The van der Waals surface area contributed by atoms with Crippen molar-refractivity contribution < 1.29 is 23.0 Å². The number of alkyl halides is 3. The zero-order chi connectivity index (χ0) is 15.8. The first-order valence-electron chi connectivity index (χ1n) is 6.54. The number of aliphatic hydroxyl groups is 1. The Labute approximate surface area is 121 Å². The fourth-order valence-electron chi connectivity index (χ4n) is 2.13. The molecule has 0 aliphatic carbocycles. The van der Waals surface area contributed by atoms with E-state index in [0.717, 1.165) is 0 Å². The molecule has 21 heavy (non-hydrogen) atoms. The molecule has 0 bridgehead atoms. The number of aliphatic hydroxyl groups excluding tert-OH is 1. The van der Waals surface area contributed by atoms with Crippen molar-refractivity contribution in [1.82, 2.24) is 0 Å². The third-order valence-electron chi connectivity index (χ3n) is 2.90. The highest BCUT2D eigenvalue weighted by Crippen LogP contribution is 2.38. The highest BCUT2D eigenvalue weighted by Gasteiger charge is 2.40. The summed E-state index contributed by atoms with van der Waals surface area (Å²) in [5, 5.41) is 10.6. The van der Waals surface area contributed by atoms with E-state index in [1.807, 2.05) is 20.8 Å². The highest BCUT2D eigenvalue weighted by atomic mass is 19.4. The van der Waals surface area contributed by atoms with E-state index in [2.05, 4.69) is 0 Å². The molecule has 2 aromatic rings. The number of fused-ring (bicyclic) bond motifs is 1. The largest absolute Gasteiger partial charge is 0.488 e. The van der Waals surface area contributed by atoms with Gasteiger partial charge >= 0.3 is 6.18 Å². The summed E-state index contributed by atoms with van der Waals surface area (Å²) >= 11 is 0. The van der Waals surface area contributed by atoms with E-state index < -0.39 is 17.9 Å². The summed E-state index contributed by atoms with van der Waals surface area (Å²) in [5.41, 5.74) is -0.733. The Morgan fingerprint density at radius 1 is 1.05 bits per heavy atom. The van der Waals surface area contributed by atoms with Crippen LogP contribution in [0.3, 0.4) is 0 Å². The van der Waals surface area contributed by atoms with Gasteiger partial charge in [-0.2, -0.15) is 13.2 Å². The summed E-state index contributed by atoms with van der Waals surface area (Å²) in [6, 6.07) is 9.54. The quantitative estimate of drug-likeness (QED) is 0.877. The maximum Gasteiger partial charge on any atom is 0.418 e. The molecule has 0 saturated carbocycles. The van der Waals surface area contributed by atoms with Gasteiger partial charge in [-0.15, -0.1) is 0 Å². The van der Waals surface area contributed by atoms with Crippen LogP contribution in [0.4, 0.5) is 13.2 Å². The molecule has 0 spiro atoms. The Bertz CT molecular complexity index is 642. The van der Waals surface area contributed by atoms with E-state index in [0.29, 0.717) is 16.5 Å². The predicted molar refractivity (Wildman–Crippen MR) is 75.3 cm³/mol. The molecular formula is C16H17F3O2. The van der Waals surface area contributed by atoms with Gasteiger partial charge in [-0.1, -0.05) is 24.3 Å². The van der Waals surface area contributed by atoms with E-state index in [1.54, 1.807) is 30.3 Å². The summed E-state index contributed by atoms with van der Waals surface area (Å²) < 4.78 is 44.2. The van der Waals surface area contributed by atoms with Gasteiger partial charge < -0.3 is 9.84 Å². The zero-order valence-corrected chi connectivity index (χ0v) is 12.0. The highest BCUT2D eigenvalue weighted by molar-refractivity contribution is 5.87. The summed E-state index contributed by atoms with van der Waals surface area (Å²) in [7, 11) is 0. The van der Waals surface area contributed by atoms with E-state index in [4.69, 9.17) is 4.74 Å². The molecule has 5 heteroatoms. The molecule has 114 valence electrons. The molecule has 1 unspecified atom stereocenters. The second-order valence-corrected chi connectivity index (χ2v) is 5.89. The molecule has 0 amide bonds. The normalized spacial score (nSPS) is 14.2. The molecular weight excluding hydrogens is 281 g/mol. The van der Waals surface area contributed by atoms with E-state index in [1.165, 1.54) is 6.07 Å². The third-order valence-corrected chi connectivity index (χ3v) is 2.90. The van der Waals surface area contributed by atoms with Gasteiger partial charge in [-0.25, -0.2) is 0 Å². The maximum atomic E-state index is 12.8. The molecule has 0 saturated heterocycles. The van der Waals surface area contributed by atoms with Crippen LogP contribution in [0.1, 0.15) is 32.4 Å². The number of halogens is 3. The van der Waals surface area contributed by atoms with Crippen molar-refractivity contribution in [3.8, 4) is 5.75 Å². The van der Waals surface area contributed by atoms with Gasteiger partial charge in [0.15, 0.2) is 6.10 Å². The van der Waals surface area contributed by atoms with Gasteiger partial charge in [-0.05, 0) is 43.7 Å². The van der Waals surface area contributed by atoms with Crippen molar-refractivity contribution in [2.45, 2.75) is 38.7 Å². The lowest BCUT2D eigenvalue weighted by molar-refractivity contribution is -0.206. The monoisotopic (exact) mass is 298 g/mol. The molecule has 1 N–H and O–H groups in total. The number of hydrogen-bond donors (Lipinski definition) is 1. The Morgan fingerprint density at radius 2 is 1.67 bits per heavy atom. The third kappa shape index (κ3) is 3.67. The summed E-state index contributed by atoms with van der Waals surface area (Å²) in [5.74, 6) is 0.305. The SMILES string of the molecule is CC(C)(C)Oc1cc(C(O)C(F)(F)F)c2ccccc2c1. The van der Waals surface area contributed by atoms with Crippen LogP contribution in [0, 0.1) is 0 Å². The smallest absolute Gasteiger partial charge is 0.418 e. The van der Waals surface area contributed by atoms with Gasteiger partial charge in [0.1, 0.15) is 11.4 Å². The second-order valence-electron chi connectivity index (χ2n) is 5.89. The van der Waals surface area contributed by atoms with Crippen molar-refractivity contribution in [2.75, 3.05) is 0 Å². The fraction of sp³-hybridized carbons (Fsp3) is 0.375. The second kappa shape index (κ2) is 5.22. The van der Waals surface area contributed by atoms with Crippen molar-refractivity contribution >= 4 is 10.8 Å². The van der Waals surface area contributed by atoms with Crippen molar-refractivity contribution in [3.05, 3.63) is 42.0 Å². The average Bonchev–Trinajstić information content (AvgIpc) is 2.33. The van der Waals surface area contributed by atoms with Crippen LogP contribution in [-0.2, 0) is 0 Å². The predicted octanol–water partition coefficient (Wildman–Crippen LogP) is 4.61. The Hall–Kier alpha value is -1.75. The Morgan fingerprint density at radius 3 is 2.24 bits per heavy atom. The molecule has 2 aromatic carbocycles. The summed E-state index contributed by atoms with van der Waals surface area (Å²) in [6.07, 6.45) is -7.26. The number of hydrogen-bond acceptors (Lipinski definition) is 2. The van der Waals surface area contributed by atoms with Gasteiger partial charge in [0.2, 0.25) is 0 Å². The minimum absolute atomic E-state index is 0.195. The topological polar surface area (TPSA) is 29.5 Å². The number of ether oxygens (including phenoxy) is 1. The van der Waals surface area contributed by atoms with E-state index >= 15 is 0 Å². The van der Waals surface area contributed by atoms with Crippen LogP contribution in [0.5, 0.6) is 5.75 Å². The molecule has 0 radical (unpaired) electrons. The average molecular weight is 298 g/mol. The van der Waals surface area contributed by atoms with Crippen molar-refractivity contribution in [1.29, 1.82) is 0 Å². The van der Waals surface area contributed by atoms with Crippen molar-refractivity contribution in [3.63, 3.8) is 0 Å². The van der Waals surface area contributed by atoms with Gasteiger partial charge in [-0.3, -0.25) is 0 Å². The minimum Gasteiger partial charge on any atom is -0.488 e. The Kier molecular flexibility index (Phi) is 3.89. The van der Waals surface area contributed by atoms with Crippen LogP contribution in [0.2, 0.25) is 0 Å². The van der Waals surface area contributed by atoms with Crippen LogP contribution in [0.15, 0.2) is 36.4 Å². The van der Waals surface area contributed by atoms with Gasteiger partial charge in [0, 0.05) is 5.56 Å². The number of rotatable bonds is 2. The lowest BCUT2D eigenvalue weighted by Crippen LogP contribution is -2.24. The Balaban J connectivity index is 2.61.